The number of ether oxygens (including phenoxy) is 2. The molecule has 1 fully saturated rings. The second-order valence-corrected chi connectivity index (χ2v) is 5.34. The van der Waals surface area contributed by atoms with Gasteiger partial charge in [-0.15, -0.1) is 0 Å². The third-order valence-electron chi connectivity index (χ3n) is 4.36. The SMILES string of the molecule is COc1cc(C2(CN)CCCCC2)cc(OC)c1N. The molecule has 0 radical (unpaired) electrons. The molecule has 19 heavy (non-hydrogen) atoms. The van der Waals surface area contributed by atoms with Gasteiger partial charge in [-0.2, -0.15) is 0 Å². The zero-order valence-electron chi connectivity index (χ0n) is 11.9. The van der Waals surface area contributed by atoms with E-state index in [1.54, 1.807) is 14.2 Å². The van der Waals surface area contributed by atoms with Crippen molar-refractivity contribution in [3.05, 3.63) is 17.7 Å². The van der Waals surface area contributed by atoms with E-state index < -0.39 is 0 Å². The lowest BCUT2D eigenvalue weighted by Gasteiger charge is -2.37. The zero-order valence-corrected chi connectivity index (χ0v) is 11.9. The van der Waals surface area contributed by atoms with Gasteiger partial charge in [0.15, 0.2) is 0 Å². The molecule has 0 unspecified atom stereocenters. The molecule has 1 aromatic carbocycles. The second-order valence-electron chi connectivity index (χ2n) is 5.34. The minimum atomic E-state index is 0.0481. The summed E-state index contributed by atoms with van der Waals surface area (Å²) in [5.41, 5.74) is 13.9. The predicted octanol–water partition coefficient (Wildman–Crippen LogP) is 2.45. The molecule has 1 saturated carbocycles. The van der Waals surface area contributed by atoms with E-state index in [0.29, 0.717) is 23.7 Å². The Morgan fingerprint density at radius 1 is 1.05 bits per heavy atom. The van der Waals surface area contributed by atoms with E-state index in [2.05, 4.69) is 0 Å². The first-order valence-corrected chi connectivity index (χ1v) is 6.89. The molecule has 4 heteroatoms. The lowest BCUT2D eigenvalue weighted by atomic mass is 9.69. The molecule has 1 aromatic rings. The summed E-state index contributed by atoms with van der Waals surface area (Å²) in [6, 6.07) is 4.05. The number of hydrogen-bond donors (Lipinski definition) is 2. The maximum Gasteiger partial charge on any atom is 0.145 e. The Hall–Kier alpha value is -1.42. The molecule has 4 nitrogen and oxygen atoms in total. The lowest BCUT2D eigenvalue weighted by molar-refractivity contribution is 0.298. The molecule has 2 rings (SSSR count). The first-order valence-electron chi connectivity index (χ1n) is 6.89. The highest BCUT2D eigenvalue weighted by molar-refractivity contribution is 5.65. The topological polar surface area (TPSA) is 70.5 Å². The third kappa shape index (κ3) is 2.50. The van der Waals surface area contributed by atoms with Gasteiger partial charge in [0.1, 0.15) is 17.2 Å². The van der Waals surface area contributed by atoms with Gasteiger partial charge >= 0.3 is 0 Å². The van der Waals surface area contributed by atoms with Crippen LogP contribution in [-0.2, 0) is 5.41 Å². The first kappa shape index (κ1) is 14.0. The molecule has 0 bridgehead atoms. The number of nitrogen functional groups attached to an aromatic ring is 1. The average Bonchev–Trinajstić information content (AvgIpc) is 2.48. The number of nitrogens with two attached hydrogens (primary N) is 2. The minimum Gasteiger partial charge on any atom is -0.494 e. The van der Waals surface area contributed by atoms with Crippen LogP contribution in [0, 0.1) is 0 Å². The molecule has 0 heterocycles. The van der Waals surface area contributed by atoms with E-state index in [4.69, 9.17) is 20.9 Å². The molecule has 0 saturated heterocycles. The van der Waals surface area contributed by atoms with E-state index in [0.717, 1.165) is 12.8 Å². The normalized spacial score (nSPS) is 18.1. The van der Waals surface area contributed by atoms with Crippen LogP contribution < -0.4 is 20.9 Å². The highest BCUT2D eigenvalue weighted by Crippen LogP contribution is 2.43. The Morgan fingerprint density at radius 3 is 2.00 bits per heavy atom. The average molecular weight is 264 g/mol. The minimum absolute atomic E-state index is 0.0481. The van der Waals surface area contributed by atoms with Crippen LogP contribution >= 0.6 is 0 Å². The van der Waals surface area contributed by atoms with E-state index >= 15 is 0 Å². The Morgan fingerprint density at radius 2 is 1.58 bits per heavy atom. The second kappa shape index (κ2) is 5.70. The van der Waals surface area contributed by atoms with E-state index in [-0.39, 0.29) is 5.41 Å². The van der Waals surface area contributed by atoms with Crippen molar-refractivity contribution in [3.63, 3.8) is 0 Å². The fourth-order valence-electron chi connectivity index (χ4n) is 3.08. The van der Waals surface area contributed by atoms with Crippen molar-refractivity contribution in [2.24, 2.45) is 5.73 Å². The van der Waals surface area contributed by atoms with Crippen molar-refractivity contribution in [1.29, 1.82) is 0 Å². The highest BCUT2D eigenvalue weighted by Gasteiger charge is 2.33. The first-order chi connectivity index (χ1) is 9.16. The largest absolute Gasteiger partial charge is 0.494 e. The van der Waals surface area contributed by atoms with Gasteiger partial charge in [0.25, 0.3) is 0 Å². The molecule has 0 atom stereocenters. The standard InChI is InChI=1S/C15H24N2O2/c1-18-12-8-11(9-13(19-2)14(12)17)15(10-16)6-4-3-5-7-15/h8-9H,3-7,10,16-17H2,1-2H3. The Balaban J connectivity index is 2.48. The van der Waals surface area contributed by atoms with Crippen LogP contribution in [0.15, 0.2) is 12.1 Å². The van der Waals surface area contributed by atoms with Crippen LogP contribution in [0.25, 0.3) is 0 Å². The quantitative estimate of drug-likeness (QED) is 0.819. The highest BCUT2D eigenvalue weighted by atomic mass is 16.5. The van der Waals surface area contributed by atoms with Gasteiger partial charge in [0.2, 0.25) is 0 Å². The van der Waals surface area contributed by atoms with Crippen molar-refractivity contribution in [2.75, 3.05) is 26.5 Å². The fraction of sp³-hybridized carbons (Fsp3) is 0.600. The van der Waals surface area contributed by atoms with Crippen LogP contribution in [-0.4, -0.2) is 20.8 Å². The number of methoxy groups -OCH3 is 2. The smallest absolute Gasteiger partial charge is 0.145 e. The number of benzene rings is 1. The van der Waals surface area contributed by atoms with Gasteiger partial charge in [0.05, 0.1) is 14.2 Å². The third-order valence-corrected chi connectivity index (χ3v) is 4.36. The molecule has 0 spiro atoms. The Kier molecular flexibility index (Phi) is 4.20. The van der Waals surface area contributed by atoms with Crippen molar-refractivity contribution in [3.8, 4) is 11.5 Å². The summed E-state index contributed by atoms with van der Waals surface area (Å²) in [5, 5.41) is 0. The molecule has 0 amide bonds. The van der Waals surface area contributed by atoms with Gasteiger partial charge in [-0.25, -0.2) is 0 Å². The molecule has 106 valence electrons. The zero-order chi connectivity index (χ0) is 13.9. The number of rotatable bonds is 4. The van der Waals surface area contributed by atoms with Crippen molar-refractivity contribution < 1.29 is 9.47 Å². The van der Waals surface area contributed by atoms with Gasteiger partial charge < -0.3 is 20.9 Å². The van der Waals surface area contributed by atoms with E-state index in [1.165, 1.54) is 24.8 Å². The van der Waals surface area contributed by atoms with Crippen molar-refractivity contribution >= 4 is 5.69 Å². The van der Waals surface area contributed by atoms with Crippen LogP contribution in [0.3, 0.4) is 0 Å². The van der Waals surface area contributed by atoms with Crippen molar-refractivity contribution in [2.45, 2.75) is 37.5 Å². The summed E-state index contributed by atoms with van der Waals surface area (Å²) >= 11 is 0. The van der Waals surface area contributed by atoms with Crippen LogP contribution in [0.2, 0.25) is 0 Å². The Labute approximate surface area is 115 Å². The summed E-state index contributed by atoms with van der Waals surface area (Å²) in [7, 11) is 3.26. The summed E-state index contributed by atoms with van der Waals surface area (Å²) in [6.45, 7) is 0.656. The van der Waals surface area contributed by atoms with E-state index in [9.17, 15) is 0 Å². The van der Waals surface area contributed by atoms with Gasteiger partial charge in [-0.3, -0.25) is 0 Å². The predicted molar refractivity (Wildman–Crippen MR) is 77.8 cm³/mol. The van der Waals surface area contributed by atoms with Gasteiger partial charge in [-0.1, -0.05) is 19.3 Å². The number of hydrogen-bond acceptors (Lipinski definition) is 4. The molecule has 1 aliphatic carbocycles. The summed E-state index contributed by atoms with van der Waals surface area (Å²) in [6.07, 6.45) is 6.00. The lowest BCUT2D eigenvalue weighted by Crippen LogP contribution is -2.37. The summed E-state index contributed by atoms with van der Waals surface area (Å²) < 4.78 is 10.7. The monoisotopic (exact) mass is 264 g/mol. The van der Waals surface area contributed by atoms with E-state index in [1.807, 2.05) is 12.1 Å². The van der Waals surface area contributed by atoms with Gasteiger partial charge in [0, 0.05) is 12.0 Å². The molecule has 0 aliphatic heterocycles. The maximum atomic E-state index is 6.08. The molecular weight excluding hydrogens is 240 g/mol. The number of anilines is 1. The van der Waals surface area contributed by atoms with Crippen LogP contribution in [0.4, 0.5) is 5.69 Å². The molecule has 1 aliphatic rings. The van der Waals surface area contributed by atoms with Gasteiger partial charge in [-0.05, 0) is 30.5 Å². The Bertz CT molecular complexity index is 415. The molecule has 4 N–H and O–H groups in total. The molecular formula is C15H24N2O2. The van der Waals surface area contributed by atoms with Crippen LogP contribution in [0.5, 0.6) is 11.5 Å². The van der Waals surface area contributed by atoms with Crippen molar-refractivity contribution in [1.82, 2.24) is 0 Å². The summed E-state index contributed by atoms with van der Waals surface area (Å²) in [4.78, 5) is 0. The fourth-order valence-corrected chi connectivity index (χ4v) is 3.08. The molecule has 0 aromatic heterocycles. The van der Waals surface area contributed by atoms with Crippen LogP contribution in [0.1, 0.15) is 37.7 Å². The summed E-state index contributed by atoms with van der Waals surface area (Å²) in [5.74, 6) is 1.35. The maximum absolute atomic E-state index is 6.08.